The molecule has 1 aliphatic heterocycles. The maximum absolute atomic E-state index is 12.5. The number of benzene rings is 1. The minimum Gasteiger partial charge on any atom is -0.462 e. The van der Waals surface area contributed by atoms with Gasteiger partial charge in [-0.2, -0.15) is 0 Å². The molecule has 1 aliphatic rings. The summed E-state index contributed by atoms with van der Waals surface area (Å²) in [5, 5.41) is 0. The molecule has 2 atom stereocenters. The molecule has 3 heterocycles. The maximum atomic E-state index is 12.5. The van der Waals surface area contributed by atoms with E-state index < -0.39 is 6.10 Å². The molecule has 0 fully saturated rings. The number of aromatic nitrogens is 3. The van der Waals surface area contributed by atoms with Crippen LogP contribution in [0.5, 0.6) is 0 Å². The van der Waals surface area contributed by atoms with E-state index in [0.29, 0.717) is 6.42 Å². The Bertz CT molecular complexity index is 1260. The van der Waals surface area contributed by atoms with Gasteiger partial charge in [0.15, 0.2) is 0 Å². The fourth-order valence-corrected chi connectivity index (χ4v) is 4.32. The molecule has 182 valence electrons. The Balaban J connectivity index is 1.61. The smallest absolute Gasteiger partial charge is 0.306 e. The molecular weight excluding hydrogens is 512 g/mol. The number of carbonyl (C=O) groups excluding carboxylic acids is 2. The molecule has 0 saturated carbocycles. The van der Waals surface area contributed by atoms with Crippen molar-refractivity contribution in [2.75, 3.05) is 6.61 Å². The van der Waals surface area contributed by atoms with Crippen LogP contribution < -0.4 is 0 Å². The minimum atomic E-state index is -0.493. The molecule has 0 amide bonds. The van der Waals surface area contributed by atoms with Crippen LogP contribution >= 0.6 is 15.9 Å². The Morgan fingerprint density at radius 1 is 1.17 bits per heavy atom. The zero-order chi connectivity index (χ0) is 24.9. The number of nitrogens with zero attached hydrogens (tertiary/aromatic N) is 4. The number of aliphatic imine (C=N–C) groups is 1. The first-order chi connectivity index (χ1) is 16.9. The summed E-state index contributed by atoms with van der Waals surface area (Å²) in [6.07, 6.45) is 3.89. The van der Waals surface area contributed by atoms with Crippen LogP contribution in [-0.4, -0.2) is 44.9 Å². The summed E-state index contributed by atoms with van der Waals surface area (Å²) in [5.41, 5.74) is 4.34. The van der Waals surface area contributed by atoms with Crippen molar-refractivity contribution in [3.05, 3.63) is 76.0 Å². The van der Waals surface area contributed by atoms with Gasteiger partial charge in [0, 0.05) is 41.0 Å². The summed E-state index contributed by atoms with van der Waals surface area (Å²) in [6, 6.07) is 11.4. The molecule has 1 aromatic carbocycles. The average molecular weight is 539 g/mol. The lowest BCUT2D eigenvalue weighted by atomic mass is 10.0. The Kier molecular flexibility index (Phi) is 7.75. The van der Waals surface area contributed by atoms with Gasteiger partial charge in [0.25, 0.3) is 0 Å². The van der Waals surface area contributed by atoms with Gasteiger partial charge >= 0.3 is 11.9 Å². The third-order valence-electron chi connectivity index (χ3n) is 5.63. The molecule has 0 N–H and O–H groups in total. The van der Waals surface area contributed by atoms with E-state index in [1.54, 1.807) is 20.0 Å². The molecule has 4 rings (SSSR count). The van der Waals surface area contributed by atoms with Gasteiger partial charge in [-0.05, 0) is 50.6 Å². The Labute approximate surface area is 212 Å². The number of fused-ring (bicyclic) bond motifs is 3. The molecule has 0 bridgehead atoms. The number of hydrogen-bond donors (Lipinski definition) is 0. The SMILES string of the molecule is CCC(=O)OC(C)COC(=O)CC[C@@H]1N=C(c2ccccn2)c2cc(Br)ccc2-n2c(C)cnc21. The highest BCUT2D eigenvalue weighted by Crippen LogP contribution is 2.34. The molecule has 35 heavy (non-hydrogen) atoms. The normalized spacial score (nSPS) is 15.3. The predicted octanol–water partition coefficient (Wildman–Crippen LogP) is 4.90. The van der Waals surface area contributed by atoms with E-state index in [4.69, 9.17) is 14.5 Å². The van der Waals surface area contributed by atoms with Crippen molar-refractivity contribution >= 4 is 33.6 Å². The molecule has 1 unspecified atom stereocenters. The third-order valence-corrected chi connectivity index (χ3v) is 6.13. The summed E-state index contributed by atoms with van der Waals surface area (Å²) in [6.45, 7) is 5.43. The quantitative estimate of drug-likeness (QED) is 0.378. The summed E-state index contributed by atoms with van der Waals surface area (Å²) in [7, 11) is 0. The standard InChI is InChI=1S/C26H27BrN4O4/c1-4-23(32)35-17(3)15-34-24(33)11-9-21-26-29-14-16(2)31(26)22-10-8-18(27)13-19(22)25(30-21)20-7-5-6-12-28-20/h5-8,10,12-14,17,21H,4,9,11,15H2,1-3H3/t17?,21-/m0/s1. The van der Waals surface area contributed by atoms with E-state index >= 15 is 0 Å². The monoisotopic (exact) mass is 538 g/mol. The number of imidazole rings is 1. The van der Waals surface area contributed by atoms with Crippen LogP contribution in [0.3, 0.4) is 0 Å². The Morgan fingerprint density at radius 3 is 2.74 bits per heavy atom. The van der Waals surface area contributed by atoms with Crippen molar-refractivity contribution in [1.82, 2.24) is 14.5 Å². The fraction of sp³-hybridized carbons (Fsp3) is 0.346. The van der Waals surface area contributed by atoms with Crippen LogP contribution in [0.15, 0.2) is 58.3 Å². The molecule has 0 aliphatic carbocycles. The molecule has 2 aromatic heterocycles. The van der Waals surface area contributed by atoms with Crippen molar-refractivity contribution in [3.8, 4) is 5.69 Å². The highest BCUT2D eigenvalue weighted by atomic mass is 79.9. The van der Waals surface area contributed by atoms with Gasteiger partial charge in [-0.1, -0.05) is 28.9 Å². The number of pyridine rings is 1. The number of rotatable bonds is 8. The number of aryl methyl sites for hydroxylation is 1. The summed E-state index contributed by atoms with van der Waals surface area (Å²) in [4.78, 5) is 38.2. The van der Waals surface area contributed by atoms with Crippen LogP contribution in [-0.2, 0) is 19.1 Å². The van der Waals surface area contributed by atoms with Crippen LogP contribution in [0.4, 0.5) is 0 Å². The lowest BCUT2D eigenvalue weighted by Crippen LogP contribution is -2.22. The van der Waals surface area contributed by atoms with Crippen molar-refractivity contribution in [1.29, 1.82) is 0 Å². The topological polar surface area (TPSA) is 95.7 Å². The lowest BCUT2D eigenvalue weighted by molar-refractivity contribution is -0.157. The highest BCUT2D eigenvalue weighted by Gasteiger charge is 2.28. The van der Waals surface area contributed by atoms with Gasteiger partial charge in [0.1, 0.15) is 24.6 Å². The van der Waals surface area contributed by atoms with Crippen molar-refractivity contribution in [2.45, 2.75) is 52.2 Å². The van der Waals surface area contributed by atoms with E-state index in [9.17, 15) is 9.59 Å². The summed E-state index contributed by atoms with van der Waals surface area (Å²) >= 11 is 3.59. The molecular formula is C26H27BrN4O4. The first-order valence-electron chi connectivity index (χ1n) is 11.6. The summed E-state index contributed by atoms with van der Waals surface area (Å²) < 4.78 is 13.5. The number of esters is 2. The number of hydrogen-bond acceptors (Lipinski definition) is 7. The molecule has 9 heteroatoms. The molecule has 0 radical (unpaired) electrons. The van der Waals surface area contributed by atoms with Gasteiger partial charge in [0.05, 0.1) is 17.1 Å². The third kappa shape index (κ3) is 5.67. The Morgan fingerprint density at radius 2 is 2.00 bits per heavy atom. The molecule has 8 nitrogen and oxygen atoms in total. The molecule has 0 saturated heterocycles. The van der Waals surface area contributed by atoms with Gasteiger partial charge in [0.2, 0.25) is 0 Å². The van der Waals surface area contributed by atoms with E-state index in [0.717, 1.165) is 38.6 Å². The first kappa shape index (κ1) is 24.8. The minimum absolute atomic E-state index is 0.0187. The van der Waals surface area contributed by atoms with Gasteiger partial charge < -0.3 is 9.47 Å². The molecule has 3 aromatic rings. The number of ether oxygens (including phenoxy) is 2. The summed E-state index contributed by atoms with van der Waals surface area (Å²) in [5.74, 6) is 0.0603. The predicted molar refractivity (Wildman–Crippen MR) is 135 cm³/mol. The van der Waals surface area contributed by atoms with E-state index in [1.807, 2.05) is 49.5 Å². The number of carbonyl (C=O) groups is 2. The van der Waals surface area contributed by atoms with Crippen LogP contribution in [0.1, 0.15) is 61.9 Å². The van der Waals surface area contributed by atoms with E-state index in [1.165, 1.54) is 0 Å². The van der Waals surface area contributed by atoms with Gasteiger partial charge in [-0.15, -0.1) is 0 Å². The zero-order valence-corrected chi connectivity index (χ0v) is 21.5. The largest absolute Gasteiger partial charge is 0.462 e. The lowest BCUT2D eigenvalue weighted by Gasteiger charge is -2.15. The first-order valence-corrected chi connectivity index (χ1v) is 12.4. The molecule has 0 spiro atoms. The van der Waals surface area contributed by atoms with Gasteiger partial charge in [-0.3, -0.25) is 24.1 Å². The average Bonchev–Trinajstić information content (AvgIpc) is 3.17. The second kappa shape index (κ2) is 10.9. The van der Waals surface area contributed by atoms with Crippen molar-refractivity contribution in [2.24, 2.45) is 4.99 Å². The van der Waals surface area contributed by atoms with Crippen LogP contribution in [0.25, 0.3) is 5.69 Å². The highest BCUT2D eigenvalue weighted by molar-refractivity contribution is 9.10. The van der Waals surface area contributed by atoms with Crippen LogP contribution in [0.2, 0.25) is 0 Å². The van der Waals surface area contributed by atoms with Gasteiger partial charge in [-0.25, -0.2) is 4.98 Å². The number of halogens is 1. The Hall–Kier alpha value is -3.33. The zero-order valence-electron chi connectivity index (χ0n) is 19.9. The van der Waals surface area contributed by atoms with E-state index in [-0.39, 0.29) is 37.4 Å². The fourth-order valence-electron chi connectivity index (χ4n) is 3.96. The second-order valence-electron chi connectivity index (χ2n) is 8.34. The van der Waals surface area contributed by atoms with Crippen LogP contribution in [0, 0.1) is 6.92 Å². The van der Waals surface area contributed by atoms with Crippen molar-refractivity contribution in [3.63, 3.8) is 0 Å². The van der Waals surface area contributed by atoms with Crippen molar-refractivity contribution < 1.29 is 19.1 Å². The maximum Gasteiger partial charge on any atom is 0.306 e. The second-order valence-corrected chi connectivity index (χ2v) is 9.25. The van der Waals surface area contributed by atoms with E-state index in [2.05, 4.69) is 30.5 Å².